The molecule has 0 aliphatic carbocycles. The van der Waals surface area contributed by atoms with E-state index in [2.05, 4.69) is 0 Å². The lowest BCUT2D eigenvalue weighted by Gasteiger charge is -2.04. The fourth-order valence-corrected chi connectivity index (χ4v) is 0.615. The van der Waals surface area contributed by atoms with Crippen molar-refractivity contribution in [1.29, 1.82) is 0 Å². The smallest absolute Gasteiger partial charge is 0.344 e. The second-order valence-electron chi connectivity index (χ2n) is 2.06. The molecule has 5 heteroatoms. The van der Waals surface area contributed by atoms with E-state index in [4.69, 9.17) is 9.94 Å². The number of carbonyl (C=O) groups is 1. The van der Waals surface area contributed by atoms with E-state index in [1.807, 2.05) is 0 Å². The SMILES string of the molecule is O=C(O)COn1ccc(=O)cc1. The molecule has 0 atom stereocenters. The number of hydrogen-bond acceptors (Lipinski definition) is 3. The minimum atomic E-state index is -1.06. The summed E-state index contributed by atoms with van der Waals surface area (Å²) in [6, 6.07) is 2.56. The number of pyridine rings is 1. The van der Waals surface area contributed by atoms with Gasteiger partial charge >= 0.3 is 5.97 Å². The van der Waals surface area contributed by atoms with Crippen molar-refractivity contribution in [2.75, 3.05) is 6.61 Å². The van der Waals surface area contributed by atoms with Crippen LogP contribution in [0.5, 0.6) is 0 Å². The molecule has 5 nitrogen and oxygen atoms in total. The van der Waals surface area contributed by atoms with Gasteiger partial charge in [0.1, 0.15) is 0 Å². The number of carboxylic acids is 1. The van der Waals surface area contributed by atoms with Gasteiger partial charge in [-0.2, -0.15) is 4.73 Å². The van der Waals surface area contributed by atoms with E-state index < -0.39 is 12.6 Å². The molecule has 0 unspecified atom stereocenters. The first kappa shape index (κ1) is 8.32. The van der Waals surface area contributed by atoms with Crippen LogP contribution in [0.15, 0.2) is 29.3 Å². The molecule has 0 bridgehead atoms. The first-order chi connectivity index (χ1) is 5.68. The molecule has 0 aromatic carbocycles. The predicted octanol–water partition coefficient (Wildman–Crippen LogP) is -0.639. The van der Waals surface area contributed by atoms with Crippen LogP contribution in [0, 0.1) is 0 Å². The fraction of sp³-hybridized carbons (Fsp3) is 0.143. The van der Waals surface area contributed by atoms with Gasteiger partial charge in [-0.3, -0.25) is 4.79 Å². The number of aliphatic carboxylic acids is 1. The molecule has 0 saturated carbocycles. The van der Waals surface area contributed by atoms with Crippen LogP contribution in [-0.4, -0.2) is 22.4 Å². The van der Waals surface area contributed by atoms with E-state index in [1.54, 1.807) is 0 Å². The van der Waals surface area contributed by atoms with Gasteiger partial charge in [0, 0.05) is 24.5 Å². The molecule has 0 aliphatic rings. The van der Waals surface area contributed by atoms with Gasteiger partial charge in [-0.15, -0.1) is 0 Å². The maximum absolute atomic E-state index is 10.6. The van der Waals surface area contributed by atoms with Gasteiger partial charge in [-0.05, 0) is 0 Å². The van der Waals surface area contributed by atoms with Crippen molar-refractivity contribution >= 4 is 5.97 Å². The van der Waals surface area contributed by atoms with Gasteiger partial charge in [0.05, 0.1) is 0 Å². The molecule has 1 aromatic heterocycles. The zero-order chi connectivity index (χ0) is 8.97. The summed E-state index contributed by atoms with van der Waals surface area (Å²) in [5.74, 6) is -1.06. The average Bonchev–Trinajstić information content (AvgIpc) is 2.03. The Morgan fingerprint density at radius 1 is 1.50 bits per heavy atom. The summed E-state index contributed by atoms with van der Waals surface area (Å²) in [5.41, 5.74) is -0.148. The van der Waals surface area contributed by atoms with Gasteiger partial charge in [0.15, 0.2) is 5.43 Å². The Bertz CT molecular complexity index is 310. The van der Waals surface area contributed by atoms with Crippen molar-refractivity contribution in [2.24, 2.45) is 0 Å². The molecule has 1 aromatic rings. The number of aromatic nitrogens is 1. The van der Waals surface area contributed by atoms with E-state index in [0.29, 0.717) is 0 Å². The minimum absolute atomic E-state index is 0.148. The van der Waals surface area contributed by atoms with Crippen molar-refractivity contribution in [1.82, 2.24) is 4.73 Å². The summed E-state index contributed by atoms with van der Waals surface area (Å²) in [4.78, 5) is 25.3. The quantitative estimate of drug-likeness (QED) is 0.653. The largest absolute Gasteiger partial charge is 0.479 e. The standard InChI is InChI=1S/C7H7NO4/c9-6-1-3-8(4-2-6)12-5-7(10)11/h1-4H,5H2,(H,10,11). The monoisotopic (exact) mass is 169 g/mol. The van der Waals surface area contributed by atoms with Gasteiger partial charge in [0.2, 0.25) is 6.61 Å². The highest BCUT2D eigenvalue weighted by Crippen LogP contribution is 1.78. The van der Waals surface area contributed by atoms with E-state index >= 15 is 0 Å². The number of carboxylic acid groups (broad SMARTS) is 1. The van der Waals surface area contributed by atoms with Crippen LogP contribution >= 0.6 is 0 Å². The average molecular weight is 169 g/mol. The fourth-order valence-electron chi connectivity index (χ4n) is 0.615. The van der Waals surface area contributed by atoms with Crippen LogP contribution < -0.4 is 10.3 Å². The molecule has 1 rings (SSSR count). The van der Waals surface area contributed by atoms with E-state index in [0.717, 1.165) is 4.73 Å². The summed E-state index contributed by atoms with van der Waals surface area (Å²) in [5, 5.41) is 8.23. The number of hydrogen-bond donors (Lipinski definition) is 1. The normalized spacial score (nSPS) is 9.33. The van der Waals surface area contributed by atoms with Crippen molar-refractivity contribution in [3.63, 3.8) is 0 Å². The first-order valence-corrected chi connectivity index (χ1v) is 3.22. The molecule has 0 fully saturated rings. The summed E-state index contributed by atoms with van der Waals surface area (Å²) in [6.07, 6.45) is 2.70. The van der Waals surface area contributed by atoms with E-state index in [1.165, 1.54) is 24.5 Å². The van der Waals surface area contributed by atoms with Gasteiger partial charge in [-0.1, -0.05) is 0 Å². The van der Waals surface area contributed by atoms with Gasteiger partial charge < -0.3 is 9.94 Å². The third-order valence-corrected chi connectivity index (χ3v) is 1.11. The predicted molar refractivity (Wildman–Crippen MR) is 39.8 cm³/mol. The highest BCUT2D eigenvalue weighted by atomic mass is 16.7. The van der Waals surface area contributed by atoms with Crippen molar-refractivity contribution in [3.05, 3.63) is 34.7 Å². The highest BCUT2D eigenvalue weighted by Gasteiger charge is 1.95. The lowest BCUT2D eigenvalue weighted by atomic mass is 10.5. The van der Waals surface area contributed by atoms with Gasteiger partial charge in [-0.25, -0.2) is 4.79 Å². The summed E-state index contributed by atoms with van der Waals surface area (Å²) in [7, 11) is 0. The van der Waals surface area contributed by atoms with Crippen molar-refractivity contribution in [3.8, 4) is 0 Å². The van der Waals surface area contributed by atoms with Crippen LogP contribution in [0.2, 0.25) is 0 Å². The number of rotatable bonds is 3. The van der Waals surface area contributed by atoms with Crippen molar-refractivity contribution < 1.29 is 14.7 Å². The molecular weight excluding hydrogens is 162 g/mol. The second kappa shape index (κ2) is 3.56. The molecular formula is C7H7NO4. The molecule has 12 heavy (non-hydrogen) atoms. The molecule has 0 aliphatic heterocycles. The third-order valence-electron chi connectivity index (χ3n) is 1.11. The molecule has 0 amide bonds. The Labute approximate surface area is 67.8 Å². The molecule has 0 saturated heterocycles. The highest BCUT2D eigenvalue weighted by molar-refractivity contribution is 5.68. The van der Waals surface area contributed by atoms with Crippen LogP contribution in [-0.2, 0) is 4.79 Å². The summed E-state index contributed by atoms with van der Waals surface area (Å²) in [6.45, 7) is -0.428. The zero-order valence-electron chi connectivity index (χ0n) is 6.14. The maximum atomic E-state index is 10.6. The molecule has 1 N–H and O–H groups in total. The topological polar surface area (TPSA) is 68.5 Å². The molecule has 0 radical (unpaired) electrons. The second-order valence-corrected chi connectivity index (χ2v) is 2.06. The first-order valence-electron chi connectivity index (χ1n) is 3.22. The number of nitrogens with zero attached hydrogens (tertiary/aromatic N) is 1. The van der Waals surface area contributed by atoms with Crippen molar-refractivity contribution in [2.45, 2.75) is 0 Å². The van der Waals surface area contributed by atoms with Crippen LogP contribution in [0.4, 0.5) is 0 Å². The van der Waals surface area contributed by atoms with E-state index in [-0.39, 0.29) is 5.43 Å². The van der Waals surface area contributed by atoms with Crippen LogP contribution in [0.3, 0.4) is 0 Å². The van der Waals surface area contributed by atoms with E-state index in [9.17, 15) is 9.59 Å². The zero-order valence-corrected chi connectivity index (χ0v) is 6.14. The van der Waals surface area contributed by atoms with Crippen LogP contribution in [0.1, 0.15) is 0 Å². The Hall–Kier alpha value is -1.78. The van der Waals surface area contributed by atoms with Gasteiger partial charge in [0.25, 0.3) is 0 Å². The third kappa shape index (κ3) is 2.45. The lowest BCUT2D eigenvalue weighted by Crippen LogP contribution is -2.19. The van der Waals surface area contributed by atoms with Crippen LogP contribution in [0.25, 0.3) is 0 Å². The molecule has 1 heterocycles. The summed E-state index contributed by atoms with van der Waals surface area (Å²) >= 11 is 0. The molecule has 64 valence electrons. The lowest BCUT2D eigenvalue weighted by molar-refractivity contribution is -0.142. The Kier molecular flexibility index (Phi) is 2.47. The Morgan fingerprint density at radius 2 is 2.08 bits per heavy atom. The summed E-state index contributed by atoms with van der Waals surface area (Å²) < 4.78 is 1.16. The Morgan fingerprint density at radius 3 is 2.58 bits per heavy atom. The Balaban J connectivity index is 2.59. The maximum Gasteiger partial charge on any atom is 0.344 e. The minimum Gasteiger partial charge on any atom is -0.479 e. The molecule has 0 spiro atoms.